The molecule has 1 N–H and O–H groups in total. The number of morpholine rings is 2. The van der Waals surface area contributed by atoms with E-state index in [9.17, 15) is 0 Å². The molecule has 25 heavy (non-hydrogen) atoms. The third kappa shape index (κ3) is 6.50. The van der Waals surface area contributed by atoms with Crippen LogP contribution in [-0.2, 0) is 14.2 Å². The highest BCUT2D eigenvalue weighted by molar-refractivity contribution is 14.0. The van der Waals surface area contributed by atoms with Gasteiger partial charge in [0, 0.05) is 45.9 Å². The number of nitrogens with zero attached hydrogens (tertiary/aromatic N) is 3. The van der Waals surface area contributed by atoms with Crippen LogP contribution < -0.4 is 5.32 Å². The van der Waals surface area contributed by atoms with Crippen LogP contribution in [0.3, 0.4) is 0 Å². The highest BCUT2D eigenvalue weighted by atomic mass is 127. The molecule has 0 spiro atoms. The van der Waals surface area contributed by atoms with Crippen molar-refractivity contribution in [3.05, 3.63) is 0 Å². The molecule has 7 nitrogen and oxygen atoms in total. The summed E-state index contributed by atoms with van der Waals surface area (Å²) >= 11 is 0. The summed E-state index contributed by atoms with van der Waals surface area (Å²) in [4.78, 5) is 9.60. The quantitative estimate of drug-likeness (QED) is 0.366. The molecular weight excluding hydrogens is 435 g/mol. The highest BCUT2D eigenvalue weighted by Gasteiger charge is 2.32. The number of ether oxygens (including phenoxy) is 3. The van der Waals surface area contributed by atoms with Crippen molar-refractivity contribution >= 4 is 29.9 Å². The number of nitrogens with one attached hydrogen (secondary N) is 1. The van der Waals surface area contributed by atoms with E-state index in [2.05, 4.69) is 22.0 Å². The molecule has 3 aliphatic rings. The zero-order chi connectivity index (χ0) is 16.6. The standard InChI is InChI=1S/C17H32N4O3.HI/c1-2-18-17(19-5-6-20-7-11-22-12-8-20)21-9-13-24-16(14-21)15-4-3-10-23-15;/h15-16H,2-14H2,1H3,(H,18,19);1H. The molecule has 0 radical (unpaired) electrons. The average Bonchev–Trinajstić information content (AvgIpc) is 3.17. The number of rotatable bonds is 5. The highest BCUT2D eigenvalue weighted by Crippen LogP contribution is 2.21. The zero-order valence-corrected chi connectivity index (χ0v) is 17.7. The molecule has 2 atom stereocenters. The number of hydrogen-bond acceptors (Lipinski definition) is 5. The minimum atomic E-state index is 0. The summed E-state index contributed by atoms with van der Waals surface area (Å²) in [5, 5.41) is 3.44. The Hall–Kier alpha value is -0.160. The summed E-state index contributed by atoms with van der Waals surface area (Å²) in [6.07, 6.45) is 2.69. The summed E-state index contributed by atoms with van der Waals surface area (Å²) in [5.74, 6) is 1.01. The molecule has 3 aliphatic heterocycles. The van der Waals surface area contributed by atoms with E-state index in [4.69, 9.17) is 19.2 Å². The van der Waals surface area contributed by atoms with E-state index in [0.29, 0.717) is 0 Å². The van der Waals surface area contributed by atoms with Crippen molar-refractivity contribution in [1.82, 2.24) is 15.1 Å². The Balaban J connectivity index is 0.00000225. The van der Waals surface area contributed by atoms with Gasteiger partial charge in [0.25, 0.3) is 0 Å². The van der Waals surface area contributed by atoms with E-state index in [1.54, 1.807) is 0 Å². The summed E-state index contributed by atoms with van der Waals surface area (Å²) < 4.78 is 17.2. The van der Waals surface area contributed by atoms with E-state index in [-0.39, 0.29) is 36.2 Å². The van der Waals surface area contributed by atoms with Gasteiger partial charge in [-0.1, -0.05) is 0 Å². The van der Waals surface area contributed by atoms with Crippen LogP contribution in [0.25, 0.3) is 0 Å². The Kier molecular flexibility index (Phi) is 9.75. The molecule has 0 bridgehead atoms. The molecule has 8 heteroatoms. The smallest absolute Gasteiger partial charge is 0.194 e. The van der Waals surface area contributed by atoms with Gasteiger partial charge in [0.05, 0.1) is 32.5 Å². The van der Waals surface area contributed by atoms with Crippen LogP contribution in [0.4, 0.5) is 0 Å². The summed E-state index contributed by atoms with van der Waals surface area (Å²) in [6, 6.07) is 0. The van der Waals surface area contributed by atoms with Crippen molar-refractivity contribution in [2.45, 2.75) is 32.0 Å². The predicted octanol–water partition coefficient (Wildman–Crippen LogP) is 0.782. The molecule has 0 aromatic carbocycles. The average molecular weight is 468 g/mol. The maximum atomic E-state index is 5.95. The molecule has 0 aromatic rings. The Morgan fingerprint density at radius 2 is 1.88 bits per heavy atom. The lowest BCUT2D eigenvalue weighted by atomic mass is 10.1. The third-order valence-corrected chi connectivity index (χ3v) is 4.89. The maximum absolute atomic E-state index is 5.95. The fourth-order valence-electron chi connectivity index (χ4n) is 3.54. The Morgan fingerprint density at radius 3 is 2.60 bits per heavy atom. The van der Waals surface area contributed by atoms with Crippen LogP contribution in [-0.4, -0.2) is 100 Å². The Morgan fingerprint density at radius 1 is 1.08 bits per heavy atom. The van der Waals surface area contributed by atoms with Gasteiger partial charge in [-0.25, -0.2) is 0 Å². The zero-order valence-electron chi connectivity index (χ0n) is 15.3. The largest absolute Gasteiger partial charge is 0.379 e. The molecule has 3 saturated heterocycles. The lowest BCUT2D eigenvalue weighted by Gasteiger charge is -2.37. The number of halogens is 1. The molecule has 0 saturated carbocycles. The van der Waals surface area contributed by atoms with Crippen LogP contribution in [0.15, 0.2) is 4.99 Å². The van der Waals surface area contributed by atoms with Gasteiger partial charge >= 0.3 is 0 Å². The van der Waals surface area contributed by atoms with Crippen molar-refractivity contribution in [3.63, 3.8) is 0 Å². The van der Waals surface area contributed by atoms with E-state index in [0.717, 1.165) is 91.0 Å². The second kappa shape index (κ2) is 11.5. The second-order valence-electron chi connectivity index (χ2n) is 6.60. The molecule has 146 valence electrons. The van der Waals surface area contributed by atoms with Crippen LogP contribution in [0.2, 0.25) is 0 Å². The maximum Gasteiger partial charge on any atom is 0.194 e. The van der Waals surface area contributed by atoms with Gasteiger partial charge in [0.15, 0.2) is 5.96 Å². The van der Waals surface area contributed by atoms with Crippen molar-refractivity contribution in [1.29, 1.82) is 0 Å². The number of aliphatic imine (C=N–C) groups is 1. The van der Waals surface area contributed by atoms with E-state index < -0.39 is 0 Å². The Labute approximate surface area is 168 Å². The first kappa shape index (κ1) is 21.1. The molecule has 3 heterocycles. The van der Waals surface area contributed by atoms with Crippen molar-refractivity contribution in [3.8, 4) is 0 Å². The molecule has 0 aromatic heterocycles. The number of hydrogen-bond donors (Lipinski definition) is 1. The monoisotopic (exact) mass is 468 g/mol. The second-order valence-corrected chi connectivity index (χ2v) is 6.60. The van der Waals surface area contributed by atoms with Gasteiger partial charge in [-0.3, -0.25) is 9.89 Å². The van der Waals surface area contributed by atoms with Crippen molar-refractivity contribution in [2.75, 3.05) is 72.2 Å². The molecule has 3 fully saturated rings. The summed E-state index contributed by atoms with van der Waals surface area (Å²) in [6.45, 7) is 11.9. The van der Waals surface area contributed by atoms with Gasteiger partial charge in [-0.05, 0) is 19.8 Å². The molecule has 0 amide bonds. The Bertz CT molecular complexity index is 401. The van der Waals surface area contributed by atoms with Gasteiger partial charge in [-0.2, -0.15) is 0 Å². The molecular formula is C17H33IN4O3. The lowest BCUT2D eigenvalue weighted by Crippen LogP contribution is -2.53. The first-order valence-corrected chi connectivity index (χ1v) is 9.43. The van der Waals surface area contributed by atoms with Gasteiger partial charge in [0.1, 0.15) is 6.10 Å². The topological polar surface area (TPSA) is 58.6 Å². The number of guanidine groups is 1. The van der Waals surface area contributed by atoms with Gasteiger partial charge in [-0.15, -0.1) is 24.0 Å². The summed E-state index contributed by atoms with van der Waals surface area (Å²) in [5.41, 5.74) is 0. The molecule has 3 rings (SSSR count). The van der Waals surface area contributed by atoms with E-state index in [1.807, 2.05) is 0 Å². The molecule has 2 unspecified atom stereocenters. The van der Waals surface area contributed by atoms with Crippen LogP contribution in [0.5, 0.6) is 0 Å². The summed E-state index contributed by atoms with van der Waals surface area (Å²) in [7, 11) is 0. The minimum absolute atomic E-state index is 0. The molecule has 0 aliphatic carbocycles. The SMILES string of the molecule is CCNC(=NCCN1CCOCC1)N1CCOC(C2CCCO2)C1.I. The predicted molar refractivity (Wildman–Crippen MR) is 109 cm³/mol. The normalized spacial score (nSPS) is 28.7. The minimum Gasteiger partial charge on any atom is -0.379 e. The first-order chi connectivity index (χ1) is 11.9. The van der Waals surface area contributed by atoms with Crippen LogP contribution >= 0.6 is 24.0 Å². The van der Waals surface area contributed by atoms with Gasteiger partial charge < -0.3 is 24.4 Å². The van der Waals surface area contributed by atoms with Gasteiger partial charge in [0.2, 0.25) is 0 Å². The fourth-order valence-corrected chi connectivity index (χ4v) is 3.54. The van der Waals surface area contributed by atoms with Crippen molar-refractivity contribution in [2.24, 2.45) is 4.99 Å². The first-order valence-electron chi connectivity index (χ1n) is 9.43. The van der Waals surface area contributed by atoms with Crippen LogP contribution in [0, 0.1) is 0 Å². The van der Waals surface area contributed by atoms with Crippen LogP contribution in [0.1, 0.15) is 19.8 Å². The lowest BCUT2D eigenvalue weighted by molar-refractivity contribution is -0.0817. The van der Waals surface area contributed by atoms with E-state index in [1.165, 1.54) is 0 Å². The third-order valence-electron chi connectivity index (χ3n) is 4.89. The van der Waals surface area contributed by atoms with Crippen molar-refractivity contribution < 1.29 is 14.2 Å². The van der Waals surface area contributed by atoms with E-state index >= 15 is 0 Å². The fraction of sp³-hybridized carbons (Fsp3) is 0.941.